The van der Waals surface area contributed by atoms with Gasteiger partial charge in [0.25, 0.3) is 0 Å². The Morgan fingerprint density at radius 1 is 1.08 bits per heavy atom. The lowest BCUT2D eigenvalue weighted by molar-refractivity contribution is -0.146. The number of fused-ring (bicyclic) bond motifs is 1. The molecule has 142 valence electrons. The predicted octanol–water partition coefficient (Wildman–Crippen LogP) is 2.15. The van der Waals surface area contributed by atoms with Crippen molar-refractivity contribution in [3.05, 3.63) is 10.6 Å². The van der Waals surface area contributed by atoms with E-state index in [0.717, 1.165) is 43.9 Å². The van der Waals surface area contributed by atoms with Gasteiger partial charge in [-0.1, -0.05) is 6.42 Å². The van der Waals surface area contributed by atoms with Crippen molar-refractivity contribution in [2.24, 2.45) is 11.8 Å². The molecule has 26 heavy (non-hydrogen) atoms. The number of nitrogens with one attached hydrogen (secondary N) is 1. The summed E-state index contributed by atoms with van der Waals surface area (Å²) in [5, 5.41) is 3.73. The molecule has 0 atom stereocenters. The van der Waals surface area contributed by atoms with Crippen molar-refractivity contribution in [2.45, 2.75) is 44.9 Å². The number of amides is 2. The highest BCUT2D eigenvalue weighted by Gasteiger charge is 2.39. The van der Waals surface area contributed by atoms with Crippen LogP contribution >= 0.6 is 11.3 Å². The van der Waals surface area contributed by atoms with Crippen molar-refractivity contribution in [1.29, 1.82) is 0 Å². The van der Waals surface area contributed by atoms with Crippen molar-refractivity contribution in [2.75, 3.05) is 38.5 Å². The first-order valence-electron chi connectivity index (χ1n) is 9.87. The monoisotopic (exact) mass is 376 g/mol. The van der Waals surface area contributed by atoms with Crippen molar-refractivity contribution < 1.29 is 9.59 Å². The standard InChI is InChI=1S/C19H28N4O2S/c1-22-9-7-13(8-10-22)18(25)23-11-14(12-23)17(24)21-19-20-15-5-3-2-4-6-16(15)26-19/h13-14H,2-12H2,1H3,(H,20,21,24). The molecule has 0 saturated carbocycles. The van der Waals surface area contributed by atoms with Gasteiger partial charge in [0.2, 0.25) is 11.8 Å². The van der Waals surface area contributed by atoms with Gasteiger partial charge in [-0.2, -0.15) is 0 Å². The molecule has 2 fully saturated rings. The second kappa shape index (κ2) is 7.64. The molecule has 0 radical (unpaired) electrons. The Kier molecular flexibility index (Phi) is 5.27. The summed E-state index contributed by atoms with van der Waals surface area (Å²) in [5.41, 5.74) is 1.18. The molecular weight excluding hydrogens is 348 g/mol. The highest BCUT2D eigenvalue weighted by atomic mass is 32.1. The molecule has 1 aromatic rings. The first-order chi connectivity index (χ1) is 12.6. The molecule has 2 amide bonds. The van der Waals surface area contributed by atoms with Crippen LogP contribution in [0.3, 0.4) is 0 Å². The van der Waals surface area contributed by atoms with Gasteiger partial charge in [-0.05, 0) is 58.7 Å². The van der Waals surface area contributed by atoms with E-state index >= 15 is 0 Å². The minimum Gasteiger partial charge on any atom is -0.341 e. The summed E-state index contributed by atoms with van der Waals surface area (Å²) in [5.74, 6) is 0.309. The zero-order valence-corrected chi connectivity index (χ0v) is 16.3. The van der Waals surface area contributed by atoms with Gasteiger partial charge in [0.15, 0.2) is 5.13 Å². The van der Waals surface area contributed by atoms with E-state index in [4.69, 9.17) is 0 Å². The fraction of sp³-hybridized carbons (Fsp3) is 0.737. The number of carbonyl (C=O) groups excluding carboxylic acids is 2. The lowest BCUT2D eigenvalue weighted by Gasteiger charge is -2.41. The van der Waals surface area contributed by atoms with Crippen molar-refractivity contribution in [1.82, 2.24) is 14.8 Å². The minimum absolute atomic E-state index is 0.0151. The fourth-order valence-corrected chi connectivity index (χ4v) is 5.18. The maximum Gasteiger partial charge on any atom is 0.232 e. The average molecular weight is 377 g/mol. The van der Waals surface area contributed by atoms with Crippen LogP contribution in [0.1, 0.15) is 42.7 Å². The Morgan fingerprint density at radius 2 is 1.81 bits per heavy atom. The summed E-state index contributed by atoms with van der Waals surface area (Å²) in [6.07, 6.45) is 7.68. The van der Waals surface area contributed by atoms with Crippen molar-refractivity contribution in [3.8, 4) is 0 Å². The van der Waals surface area contributed by atoms with Gasteiger partial charge in [0.05, 0.1) is 11.6 Å². The number of nitrogens with zero attached hydrogens (tertiary/aromatic N) is 3. The smallest absolute Gasteiger partial charge is 0.232 e. The number of carbonyl (C=O) groups is 2. The third kappa shape index (κ3) is 3.78. The Balaban J connectivity index is 1.26. The van der Waals surface area contributed by atoms with Crippen LogP contribution in [-0.4, -0.2) is 59.8 Å². The van der Waals surface area contributed by atoms with E-state index in [9.17, 15) is 9.59 Å². The summed E-state index contributed by atoms with van der Waals surface area (Å²) in [4.78, 5) is 35.1. The molecule has 0 bridgehead atoms. The molecule has 3 heterocycles. The Labute approximate surface area is 159 Å². The Hall–Kier alpha value is -1.47. The number of hydrogen-bond acceptors (Lipinski definition) is 5. The van der Waals surface area contributed by atoms with E-state index in [1.807, 2.05) is 4.90 Å². The van der Waals surface area contributed by atoms with Crippen LogP contribution in [0.2, 0.25) is 0 Å². The lowest BCUT2D eigenvalue weighted by atomic mass is 9.91. The lowest BCUT2D eigenvalue weighted by Crippen LogP contribution is -2.56. The van der Waals surface area contributed by atoms with Crippen LogP contribution in [0, 0.1) is 11.8 Å². The molecule has 0 unspecified atom stereocenters. The number of aryl methyl sites for hydroxylation is 2. The van der Waals surface area contributed by atoms with Crippen LogP contribution in [0.4, 0.5) is 5.13 Å². The van der Waals surface area contributed by atoms with Crippen LogP contribution in [-0.2, 0) is 22.4 Å². The average Bonchev–Trinajstić information content (AvgIpc) is 2.82. The number of aromatic nitrogens is 1. The number of piperidine rings is 1. The quantitative estimate of drug-likeness (QED) is 0.821. The maximum atomic E-state index is 12.5. The van der Waals surface area contributed by atoms with E-state index in [1.54, 1.807) is 11.3 Å². The molecule has 3 aliphatic rings. The van der Waals surface area contributed by atoms with Crippen molar-refractivity contribution >= 4 is 28.3 Å². The highest BCUT2D eigenvalue weighted by Crippen LogP contribution is 2.30. The van der Waals surface area contributed by atoms with Crippen LogP contribution < -0.4 is 5.32 Å². The van der Waals surface area contributed by atoms with Gasteiger partial charge < -0.3 is 15.1 Å². The molecule has 2 aliphatic heterocycles. The van der Waals surface area contributed by atoms with Gasteiger partial charge in [-0.15, -0.1) is 11.3 Å². The second-order valence-electron chi connectivity index (χ2n) is 7.96. The number of likely N-dealkylation sites (tertiary alicyclic amines) is 2. The normalized spacial score (nSPS) is 22.4. The predicted molar refractivity (Wildman–Crippen MR) is 102 cm³/mol. The fourth-order valence-electron chi connectivity index (χ4n) is 4.13. The molecule has 6 nitrogen and oxygen atoms in total. The maximum absolute atomic E-state index is 12.5. The highest BCUT2D eigenvalue weighted by molar-refractivity contribution is 7.15. The summed E-state index contributed by atoms with van der Waals surface area (Å²) >= 11 is 1.63. The number of rotatable bonds is 3. The van der Waals surface area contributed by atoms with Crippen molar-refractivity contribution in [3.63, 3.8) is 0 Å². The van der Waals surface area contributed by atoms with Gasteiger partial charge in [-0.3, -0.25) is 9.59 Å². The van der Waals surface area contributed by atoms with Gasteiger partial charge in [0, 0.05) is 23.9 Å². The molecule has 2 saturated heterocycles. The molecular formula is C19H28N4O2S. The first-order valence-corrected chi connectivity index (χ1v) is 10.7. The molecule has 7 heteroatoms. The first kappa shape index (κ1) is 17.9. The number of thiazole rings is 1. The third-order valence-electron chi connectivity index (χ3n) is 5.96. The largest absolute Gasteiger partial charge is 0.341 e. The third-order valence-corrected chi connectivity index (χ3v) is 7.03. The van der Waals surface area contributed by atoms with Gasteiger partial charge in [0.1, 0.15) is 0 Å². The Morgan fingerprint density at radius 3 is 2.58 bits per heavy atom. The summed E-state index contributed by atoms with van der Waals surface area (Å²) in [6, 6.07) is 0. The van der Waals surface area contributed by atoms with Crippen LogP contribution in [0.15, 0.2) is 0 Å². The molecule has 0 aromatic carbocycles. The zero-order valence-electron chi connectivity index (χ0n) is 15.5. The van der Waals surface area contributed by atoms with Gasteiger partial charge >= 0.3 is 0 Å². The molecule has 1 aromatic heterocycles. The second-order valence-corrected chi connectivity index (χ2v) is 9.04. The van der Waals surface area contributed by atoms with E-state index in [0.29, 0.717) is 13.1 Å². The van der Waals surface area contributed by atoms with E-state index in [2.05, 4.69) is 22.2 Å². The minimum atomic E-state index is -0.0890. The summed E-state index contributed by atoms with van der Waals surface area (Å²) in [7, 11) is 2.10. The zero-order chi connectivity index (χ0) is 18.1. The summed E-state index contributed by atoms with van der Waals surface area (Å²) < 4.78 is 0. The van der Waals surface area contributed by atoms with E-state index in [-0.39, 0.29) is 23.7 Å². The molecule has 1 N–H and O–H groups in total. The SMILES string of the molecule is CN1CCC(C(=O)N2CC(C(=O)Nc3nc4c(s3)CCCCC4)C2)CC1. The topological polar surface area (TPSA) is 65.5 Å². The number of hydrogen-bond donors (Lipinski definition) is 1. The molecule has 1 aliphatic carbocycles. The Bertz CT molecular complexity index is 652. The van der Waals surface area contributed by atoms with Gasteiger partial charge in [-0.25, -0.2) is 4.98 Å². The van der Waals surface area contributed by atoms with E-state index in [1.165, 1.54) is 29.8 Å². The molecule has 0 spiro atoms. The number of anilines is 1. The van der Waals surface area contributed by atoms with Crippen LogP contribution in [0.5, 0.6) is 0 Å². The van der Waals surface area contributed by atoms with Crippen LogP contribution in [0.25, 0.3) is 0 Å². The van der Waals surface area contributed by atoms with E-state index < -0.39 is 0 Å². The summed E-state index contributed by atoms with van der Waals surface area (Å²) in [6.45, 7) is 3.09. The molecule has 4 rings (SSSR count).